The first-order valence-electron chi connectivity index (χ1n) is 7.39. The number of amides is 1. The lowest BCUT2D eigenvalue weighted by molar-refractivity contribution is 0.0931. The van der Waals surface area contributed by atoms with Gasteiger partial charge in [-0.3, -0.25) is 4.79 Å². The van der Waals surface area contributed by atoms with Crippen LogP contribution in [-0.2, 0) is 7.05 Å². The van der Waals surface area contributed by atoms with Crippen LogP contribution in [0.1, 0.15) is 41.4 Å². The van der Waals surface area contributed by atoms with E-state index in [9.17, 15) is 4.79 Å². The Hall–Kier alpha value is -2.30. The third-order valence-corrected chi connectivity index (χ3v) is 4.02. The van der Waals surface area contributed by atoms with E-state index in [-0.39, 0.29) is 17.9 Å². The summed E-state index contributed by atoms with van der Waals surface area (Å²) < 4.78 is 6.86. The van der Waals surface area contributed by atoms with E-state index in [1.807, 2.05) is 32.0 Å². The summed E-state index contributed by atoms with van der Waals surface area (Å²) in [6.45, 7) is 5.92. The van der Waals surface area contributed by atoms with Crippen molar-refractivity contribution < 1.29 is 9.53 Å². The topological polar surface area (TPSA) is 56.1 Å². The predicted molar refractivity (Wildman–Crippen MR) is 86.3 cm³/mol. The van der Waals surface area contributed by atoms with Crippen LogP contribution in [0.15, 0.2) is 30.3 Å². The second-order valence-electron chi connectivity index (χ2n) is 5.55. The molecule has 0 aliphatic heterocycles. The number of carbonyl (C=O) groups excluding carboxylic acids is 1. The summed E-state index contributed by atoms with van der Waals surface area (Å²) in [7, 11) is 3.31. The molecule has 1 aromatic carbocycles. The van der Waals surface area contributed by atoms with Crippen LogP contribution in [0.4, 0.5) is 0 Å². The third kappa shape index (κ3) is 3.13. The largest absolute Gasteiger partial charge is 0.481 e. The summed E-state index contributed by atoms with van der Waals surface area (Å²) in [4.78, 5) is 12.6. The highest BCUT2D eigenvalue weighted by Crippen LogP contribution is 2.23. The Bertz CT molecular complexity index is 649. The number of aryl methyl sites for hydroxylation is 2. The first-order chi connectivity index (χ1) is 10.5. The van der Waals surface area contributed by atoms with E-state index in [1.54, 1.807) is 18.8 Å². The number of aromatic nitrogens is 2. The Morgan fingerprint density at radius 3 is 2.50 bits per heavy atom. The van der Waals surface area contributed by atoms with Crippen LogP contribution in [0.3, 0.4) is 0 Å². The standard InChI is InChI=1S/C17H23N3O2/c1-11(14-9-7-6-8-10-14)12(2)18-16(21)15-13(3)19-20(4)17(15)22-5/h6-12H,1-5H3,(H,18,21)/t11-,12-/m1/s1. The van der Waals surface area contributed by atoms with Crippen molar-refractivity contribution in [1.29, 1.82) is 0 Å². The van der Waals surface area contributed by atoms with Gasteiger partial charge in [-0.1, -0.05) is 37.3 Å². The zero-order valence-corrected chi connectivity index (χ0v) is 13.8. The zero-order valence-electron chi connectivity index (χ0n) is 13.8. The second kappa shape index (κ2) is 6.64. The molecular weight excluding hydrogens is 278 g/mol. The lowest BCUT2D eigenvalue weighted by atomic mass is 9.94. The van der Waals surface area contributed by atoms with Crippen LogP contribution in [-0.4, -0.2) is 28.8 Å². The van der Waals surface area contributed by atoms with Crippen molar-refractivity contribution in [2.24, 2.45) is 7.05 Å². The molecule has 0 saturated heterocycles. The first-order valence-corrected chi connectivity index (χ1v) is 7.39. The maximum Gasteiger partial charge on any atom is 0.258 e. The van der Waals surface area contributed by atoms with Crippen molar-refractivity contribution in [3.63, 3.8) is 0 Å². The van der Waals surface area contributed by atoms with E-state index in [0.29, 0.717) is 17.1 Å². The summed E-state index contributed by atoms with van der Waals surface area (Å²) in [5, 5.41) is 7.30. The van der Waals surface area contributed by atoms with Gasteiger partial charge in [0.15, 0.2) is 0 Å². The van der Waals surface area contributed by atoms with Crippen LogP contribution in [0.5, 0.6) is 5.88 Å². The fraction of sp³-hybridized carbons (Fsp3) is 0.412. The molecule has 1 N–H and O–H groups in total. The number of rotatable bonds is 5. The lowest BCUT2D eigenvalue weighted by Crippen LogP contribution is -2.36. The van der Waals surface area contributed by atoms with Gasteiger partial charge in [-0.2, -0.15) is 5.10 Å². The van der Waals surface area contributed by atoms with Gasteiger partial charge in [0, 0.05) is 19.0 Å². The Balaban J connectivity index is 2.15. The molecule has 0 fully saturated rings. The fourth-order valence-corrected chi connectivity index (χ4v) is 2.58. The zero-order chi connectivity index (χ0) is 16.3. The molecule has 1 heterocycles. The van der Waals surface area contributed by atoms with Gasteiger partial charge in [-0.15, -0.1) is 0 Å². The number of methoxy groups -OCH3 is 1. The summed E-state index contributed by atoms with van der Waals surface area (Å²) in [5.74, 6) is 0.542. The molecule has 0 unspecified atom stereocenters. The normalized spacial score (nSPS) is 13.5. The van der Waals surface area contributed by atoms with E-state index in [1.165, 1.54) is 5.56 Å². The summed E-state index contributed by atoms with van der Waals surface area (Å²) in [6.07, 6.45) is 0. The Labute approximate surface area is 131 Å². The molecular formula is C17H23N3O2. The Kier molecular flexibility index (Phi) is 4.85. The van der Waals surface area contributed by atoms with Crippen molar-refractivity contribution in [3.8, 4) is 5.88 Å². The minimum Gasteiger partial charge on any atom is -0.481 e. The van der Waals surface area contributed by atoms with Crippen LogP contribution in [0.2, 0.25) is 0 Å². The molecule has 2 rings (SSSR count). The summed E-state index contributed by atoms with van der Waals surface area (Å²) in [5.41, 5.74) is 2.36. The van der Waals surface area contributed by atoms with Crippen LogP contribution in [0, 0.1) is 6.92 Å². The van der Waals surface area contributed by atoms with Crippen molar-refractivity contribution >= 4 is 5.91 Å². The van der Waals surface area contributed by atoms with Gasteiger partial charge < -0.3 is 10.1 Å². The molecule has 2 atom stereocenters. The van der Waals surface area contributed by atoms with Gasteiger partial charge in [0.25, 0.3) is 5.91 Å². The molecule has 5 heteroatoms. The molecule has 2 aromatic rings. The monoisotopic (exact) mass is 301 g/mol. The van der Waals surface area contributed by atoms with E-state index in [0.717, 1.165) is 0 Å². The minimum atomic E-state index is -0.155. The molecule has 5 nitrogen and oxygen atoms in total. The highest BCUT2D eigenvalue weighted by Gasteiger charge is 2.24. The van der Waals surface area contributed by atoms with Gasteiger partial charge in [0.1, 0.15) is 5.56 Å². The highest BCUT2D eigenvalue weighted by atomic mass is 16.5. The van der Waals surface area contributed by atoms with Gasteiger partial charge >= 0.3 is 0 Å². The van der Waals surface area contributed by atoms with E-state index in [4.69, 9.17) is 4.74 Å². The first kappa shape index (κ1) is 16.1. The van der Waals surface area contributed by atoms with Crippen LogP contribution in [0.25, 0.3) is 0 Å². The molecule has 1 amide bonds. The predicted octanol–water partition coefficient (Wildman–Crippen LogP) is 2.66. The smallest absolute Gasteiger partial charge is 0.258 e. The van der Waals surface area contributed by atoms with Crippen LogP contribution < -0.4 is 10.1 Å². The van der Waals surface area contributed by atoms with Gasteiger partial charge in [0.05, 0.1) is 12.8 Å². The van der Waals surface area contributed by atoms with Gasteiger partial charge in [0.2, 0.25) is 5.88 Å². The highest BCUT2D eigenvalue weighted by molar-refractivity contribution is 5.97. The van der Waals surface area contributed by atoms with Gasteiger partial charge in [-0.05, 0) is 19.4 Å². The molecule has 118 valence electrons. The number of carbonyl (C=O) groups is 1. The molecule has 0 saturated carbocycles. The number of nitrogens with one attached hydrogen (secondary N) is 1. The quantitative estimate of drug-likeness (QED) is 0.923. The SMILES string of the molecule is COc1c(C(=O)N[C@H](C)[C@@H](C)c2ccccc2)c(C)nn1C. The molecule has 1 aromatic heterocycles. The maximum atomic E-state index is 12.6. The van der Waals surface area contributed by atoms with Crippen molar-refractivity contribution in [2.75, 3.05) is 7.11 Å². The maximum absolute atomic E-state index is 12.6. The van der Waals surface area contributed by atoms with Crippen LogP contribution >= 0.6 is 0 Å². The summed E-state index contributed by atoms with van der Waals surface area (Å²) in [6, 6.07) is 10.2. The number of nitrogens with zero attached hydrogens (tertiary/aromatic N) is 2. The Morgan fingerprint density at radius 1 is 1.27 bits per heavy atom. The average molecular weight is 301 g/mol. The third-order valence-electron chi connectivity index (χ3n) is 4.02. The van der Waals surface area contributed by atoms with Crippen molar-refractivity contribution in [3.05, 3.63) is 47.2 Å². The lowest BCUT2D eigenvalue weighted by Gasteiger charge is -2.21. The molecule has 0 aliphatic rings. The molecule has 0 aliphatic carbocycles. The average Bonchev–Trinajstić information content (AvgIpc) is 2.80. The number of benzene rings is 1. The Morgan fingerprint density at radius 2 is 1.91 bits per heavy atom. The van der Waals surface area contributed by atoms with E-state index < -0.39 is 0 Å². The fourth-order valence-electron chi connectivity index (χ4n) is 2.58. The minimum absolute atomic E-state index is 0.000729. The summed E-state index contributed by atoms with van der Waals surface area (Å²) >= 11 is 0. The number of ether oxygens (including phenoxy) is 1. The van der Waals surface area contributed by atoms with Crippen molar-refractivity contribution in [2.45, 2.75) is 32.7 Å². The van der Waals surface area contributed by atoms with Crippen molar-refractivity contribution in [1.82, 2.24) is 15.1 Å². The van der Waals surface area contributed by atoms with E-state index >= 15 is 0 Å². The molecule has 22 heavy (non-hydrogen) atoms. The van der Waals surface area contributed by atoms with E-state index in [2.05, 4.69) is 29.5 Å². The molecule has 0 radical (unpaired) electrons. The second-order valence-corrected chi connectivity index (χ2v) is 5.55. The van der Waals surface area contributed by atoms with Gasteiger partial charge in [-0.25, -0.2) is 4.68 Å². The molecule has 0 bridgehead atoms. The number of hydrogen-bond donors (Lipinski definition) is 1. The molecule has 0 spiro atoms. The number of hydrogen-bond acceptors (Lipinski definition) is 3.